The standard InChI is InChI=1S/C25H19N5/c26-13-17-2-1-3-18(10-17)19-4-5-20-12-25(24(28-16-27)23(20)11-19)8-6-21-14-29-30-15-22(21)7-9-25/h1-5,10-11,14-15H,6-9,12H2. The average Bonchev–Trinajstić information content (AvgIpc) is 2.96. The van der Waals surface area contributed by atoms with Gasteiger partial charge in [0.15, 0.2) is 0 Å². The van der Waals surface area contributed by atoms with Crippen LogP contribution in [0.25, 0.3) is 11.1 Å². The van der Waals surface area contributed by atoms with Gasteiger partial charge in [-0.05, 0) is 78.1 Å². The third kappa shape index (κ3) is 2.96. The lowest BCUT2D eigenvalue weighted by atomic mass is 9.76. The van der Waals surface area contributed by atoms with E-state index in [0.717, 1.165) is 54.5 Å². The second-order valence-electron chi connectivity index (χ2n) is 8.12. The summed E-state index contributed by atoms with van der Waals surface area (Å²) in [5, 5.41) is 26.8. The van der Waals surface area contributed by atoms with Crippen LogP contribution in [0.2, 0.25) is 0 Å². The number of aliphatic imine (C=N–C) groups is 1. The van der Waals surface area contributed by atoms with Crippen molar-refractivity contribution in [3.05, 3.63) is 82.7 Å². The molecule has 3 aromatic rings. The summed E-state index contributed by atoms with van der Waals surface area (Å²) in [5.41, 5.74) is 8.27. The van der Waals surface area contributed by atoms with E-state index in [0.29, 0.717) is 5.56 Å². The molecule has 144 valence electrons. The van der Waals surface area contributed by atoms with Crippen LogP contribution in [0.1, 0.15) is 40.7 Å². The van der Waals surface area contributed by atoms with Gasteiger partial charge in [0.2, 0.25) is 6.19 Å². The van der Waals surface area contributed by atoms with Crippen LogP contribution in [0.15, 0.2) is 59.9 Å². The summed E-state index contributed by atoms with van der Waals surface area (Å²) in [6, 6.07) is 16.2. The number of aromatic nitrogens is 2. The Bertz CT molecular complexity index is 1230. The second kappa shape index (κ2) is 7.21. The molecule has 2 aliphatic rings. The number of hydrogen-bond acceptors (Lipinski definition) is 5. The molecular weight excluding hydrogens is 370 g/mol. The summed E-state index contributed by atoms with van der Waals surface area (Å²) < 4.78 is 0. The van der Waals surface area contributed by atoms with E-state index in [1.165, 1.54) is 16.7 Å². The summed E-state index contributed by atoms with van der Waals surface area (Å²) in [6.45, 7) is 0. The minimum Gasteiger partial charge on any atom is -0.192 e. The minimum atomic E-state index is -0.135. The molecule has 30 heavy (non-hydrogen) atoms. The summed E-state index contributed by atoms with van der Waals surface area (Å²) in [5.74, 6) is 0. The predicted octanol–water partition coefficient (Wildman–Crippen LogP) is 4.41. The number of fused-ring (bicyclic) bond motifs is 2. The molecule has 0 bridgehead atoms. The van der Waals surface area contributed by atoms with E-state index in [-0.39, 0.29) is 5.41 Å². The fourth-order valence-corrected chi connectivity index (χ4v) is 4.97. The lowest BCUT2D eigenvalue weighted by molar-refractivity contribution is 0.376. The van der Waals surface area contributed by atoms with Crippen LogP contribution in [-0.2, 0) is 19.3 Å². The molecule has 5 heteroatoms. The van der Waals surface area contributed by atoms with Crippen LogP contribution in [0.3, 0.4) is 0 Å². The van der Waals surface area contributed by atoms with Gasteiger partial charge < -0.3 is 0 Å². The fourth-order valence-electron chi connectivity index (χ4n) is 4.97. The Balaban J connectivity index is 1.56. The Morgan fingerprint density at radius 2 is 1.60 bits per heavy atom. The number of nitrogens with zero attached hydrogens (tertiary/aromatic N) is 5. The van der Waals surface area contributed by atoms with Gasteiger partial charge in [0.25, 0.3) is 0 Å². The van der Waals surface area contributed by atoms with Crippen LogP contribution >= 0.6 is 0 Å². The number of rotatable bonds is 1. The van der Waals surface area contributed by atoms with E-state index in [4.69, 9.17) is 0 Å². The quantitative estimate of drug-likeness (QED) is 0.577. The Morgan fingerprint density at radius 1 is 0.867 bits per heavy atom. The van der Waals surface area contributed by atoms with Crippen molar-refractivity contribution >= 4 is 5.71 Å². The molecule has 0 N–H and O–H groups in total. The van der Waals surface area contributed by atoms with Crippen LogP contribution < -0.4 is 0 Å². The minimum absolute atomic E-state index is 0.135. The molecule has 1 spiro atoms. The highest BCUT2D eigenvalue weighted by Gasteiger charge is 2.44. The molecule has 0 radical (unpaired) electrons. The van der Waals surface area contributed by atoms with Crippen LogP contribution in [0.5, 0.6) is 0 Å². The summed E-state index contributed by atoms with van der Waals surface area (Å²) >= 11 is 0. The van der Waals surface area contributed by atoms with Crippen LogP contribution in [0.4, 0.5) is 0 Å². The molecule has 0 aliphatic heterocycles. The molecule has 2 aromatic carbocycles. The first-order valence-electron chi connectivity index (χ1n) is 10.1. The Morgan fingerprint density at radius 3 is 2.30 bits per heavy atom. The Labute approximate surface area is 175 Å². The van der Waals surface area contributed by atoms with E-state index in [9.17, 15) is 10.5 Å². The lowest BCUT2D eigenvalue weighted by Gasteiger charge is -2.28. The van der Waals surface area contributed by atoms with Crippen molar-refractivity contribution in [3.63, 3.8) is 0 Å². The monoisotopic (exact) mass is 389 g/mol. The summed E-state index contributed by atoms with van der Waals surface area (Å²) in [4.78, 5) is 4.35. The van der Waals surface area contributed by atoms with Crippen molar-refractivity contribution in [2.45, 2.75) is 32.1 Å². The Kier molecular flexibility index (Phi) is 4.38. The molecule has 5 nitrogen and oxygen atoms in total. The first-order valence-corrected chi connectivity index (χ1v) is 10.1. The highest BCUT2D eigenvalue weighted by molar-refractivity contribution is 6.10. The fraction of sp³-hybridized carbons (Fsp3) is 0.240. The molecule has 0 saturated carbocycles. The normalized spacial score (nSPS) is 17.6. The third-order valence-electron chi connectivity index (χ3n) is 6.54. The molecule has 0 amide bonds. The lowest BCUT2D eigenvalue weighted by Crippen LogP contribution is -2.29. The maximum atomic E-state index is 9.47. The topological polar surface area (TPSA) is 85.7 Å². The van der Waals surface area contributed by atoms with Crippen molar-refractivity contribution in [1.82, 2.24) is 10.2 Å². The second-order valence-corrected chi connectivity index (χ2v) is 8.12. The maximum absolute atomic E-state index is 9.47. The highest BCUT2D eigenvalue weighted by Crippen LogP contribution is 2.47. The third-order valence-corrected chi connectivity index (χ3v) is 6.54. The van der Waals surface area contributed by atoms with Crippen molar-refractivity contribution in [2.75, 3.05) is 0 Å². The van der Waals surface area contributed by atoms with Gasteiger partial charge in [-0.15, -0.1) is 0 Å². The average molecular weight is 389 g/mol. The van der Waals surface area contributed by atoms with Crippen LogP contribution in [0, 0.1) is 28.2 Å². The van der Waals surface area contributed by atoms with Gasteiger partial charge in [0.05, 0.1) is 29.7 Å². The van der Waals surface area contributed by atoms with Gasteiger partial charge in [-0.2, -0.15) is 25.7 Å². The molecule has 1 aromatic heterocycles. The van der Waals surface area contributed by atoms with Gasteiger partial charge in [0.1, 0.15) is 0 Å². The predicted molar refractivity (Wildman–Crippen MR) is 114 cm³/mol. The SMILES string of the molecule is N#CN=C1c2cc(-c3cccc(C#N)c3)ccc2CC12CCc1cnncc1CC2. The smallest absolute Gasteiger partial charge is 0.192 e. The molecule has 0 saturated heterocycles. The molecule has 0 fully saturated rings. The summed E-state index contributed by atoms with van der Waals surface area (Å²) in [6.07, 6.45) is 10.4. The van der Waals surface area contributed by atoms with Crippen molar-refractivity contribution in [1.29, 1.82) is 10.5 Å². The van der Waals surface area contributed by atoms with E-state index in [1.54, 1.807) is 6.07 Å². The number of hydrogen-bond donors (Lipinski definition) is 0. The zero-order valence-corrected chi connectivity index (χ0v) is 16.5. The molecular formula is C25H19N5. The van der Waals surface area contributed by atoms with E-state index in [1.807, 2.05) is 30.6 Å². The first-order chi connectivity index (χ1) is 14.7. The van der Waals surface area contributed by atoms with Gasteiger partial charge >= 0.3 is 0 Å². The molecule has 1 heterocycles. The van der Waals surface area contributed by atoms with E-state index in [2.05, 4.69) is 45.7 Å². The number of nitriles is 2. The summed E-state index contributed by atoms with van der Waals surface area (Å²) in [7, 11) is 0. The van der Waals surface area contributed by atoms with Gasteiger partial charge in [-0.25, -0.2) is 0 Å². The van der Waals surface area contributed by atoms with Crippen molar-refractivity contribution < 1.29 is 0 Å². The molecule has 0 unspecified atom stereocenters. The number of benzene rings is 2. The van der Waals surface area contributed by atoms with Gasteiger partial charge in [-0.3, -0.25) is 0 Å². The molecule has 2 aliphatic carbocycles. The highest BCUT2D eigenvalue weighted by atomic mass is 15.1. The van der Waals surface area contributed by atoms with Gasteiger partial charge in [-0.1, -0.05) is 24.3 Å². The molecule has 5 rings (SSSR count). The largest absolute Gasteiger partial charge is 0.205 e. The zero-order valence-electron chi connectivity index (χ0n) is 16.5. The number of aryl methyl sites for hydroxylation is 2. The van der Waals surface area contributed by atoms with E-state index >= 15 is 0 Å². The van der Waals surface area contributed by atoms with Gasteiger partial charge in [0, 0.05) is 11.0 Å². The Hall–Kier alpha value is -3.83. The maximum Gasteiger partial charge on any atom is 0.205 e. The van der Waals surface area contributed by atoms with Crippen molar-refractivity contribution in [2.24, 2.45) is 10.4 Å². The van der Waals surface area contributed by atoms with Crippen molar-refractivity contribution in [3.8, 4) is 23.4 Å². The first kappa shape index (κ1) is 18.2. The molecule has 0 atom stereocenters. The van der Waals surface area contributed by atoms with Crippen LogP contribution in [-0.4, -0.2) is 15.9 Å². The van der Waals surface area contributed by atoms with E-state index < -0.39 is 0 Å². The zero-order chi connectivity index (χ0) is 20.6.